The highest BCUT2D eigenvalue weighted by molar-refractivity contribution is 7.89. The fraction of sp³-hybridized carbons (Fsp3) is 0.250. The number of aryl methyl sites for hydroxylation is 1. The molecule has 0 heterocycles. The summed E-state index contributed by atoms with van der Waals surface area (Å²) in [5, 5.41) is 2.90. The van der Waals surface area contributed by atoms with Gasteiger partial charge in [-0.2, -0.15) is 0 Å². The van der Waals surface area contributed by atoms with Crippen molar-refractivity contribution in [2.24, 2.45) is 0 Å². The van der Waals surface area contributed by atoms with Crippen molar-refractivity contribution < 1.29 is 8.42 Å². The van der Waals surface area contributed by atoms with Crippen molar-refractivity contribution in [1.29, 1.82) is 0 Å². The van der Waals surface area contributed by atoms with E-state index in [9.17, 15) is 8.42 Å². The summed E-state index contributed by atoms with van der Waals surface area (Å²) in [6, 6.07) is 14.8. The minimum Gasteiger partial charge on any atom is -0.387 e. The minimum absolute atomic E-state index is 0.262. The molecule has 21 heavy (non-hydrogen) atoms. The molecule has 0 unspecified atom stereocenters. The van der Waals surface area contributed by atoms with Crippen LogP contribution in [-0.4, -0.2) is 15.5 Å². The monoisotopic (exact) mass is 304 g/mol. The van der Waals surface area contributed by atoms with Crippen molar-refractivity contribution in [3.05, 3.63) is 59.7 Å². The van der Waals surface area contributed by atoms with E-state index in [4.69, 9.17) is 0 Å². The minimum atomic E-state index is -3.53. The molecule has 5 heteroatoms. The third-order valence-corrected chi connectivity index (χ3v) is 4.80. The molecule has 0 amide bonds. The van der Waals surface area contributed by atoms with Crippen LogP contribution in [0.4, 0.5) is 5.69 Å². The van der Waals surface area contributed by atoms with E-state index in [1.807, 2.05) is 24.3 Å². The zero-order valence-electron chi connectivity index (χ0n) is 12.3. The SMILES string of the molecule is CCc1ccc(CNS(=O)(=O)c2ccccc2NC)cc1. The van der Waals surface area contributed by atoms with Gasteiger partial charge < -0.3 is 5.32 Å². The Bertz CT molecular complexity index is 694. The molecule has 0 fully saturated rings. The lowest BCUT2D eigenvalue weighted by Gasteiger charge is -2.11. The zero-order chi connectivity index (χ0) is 15.3. The second-order valence-corrected chi connectivity index (χ2v) is 6.48. The van der Waals surface area contributed by atoms with Crippen molar-refractivity contribution in [3.8, 4) is 0 Å². The number of hydrogen-bond acceptors (Lipinski definition) is 3. The Hall–Kier alpha value is -1.85. The Morgan fingerprint density at radius 3 is 2.19 bits per heavy atom. The first-order valence-electron chi connectivity index (χ1n) is 6.91. The Morgan fingerprint density at radius 1 is 0.952 bits per heavy atom. The number of rotatable bonds is 6. The number of anilines is 1. The molecule has 2 rings (SSSR count). The van der Waals surface area contributed by atoms with E-state index in [0.717, 1.165) is 12.0 Å². The van der Waals surface area contributed by atoms with Gasteiger partial charge in [-0.15, -0.1) is 0 Å². The lowest BCUT2D eigenvalue weighted by atomic mass is 10.1. The van der Waals surface area contributed by atoms with Gasteiger partial charge in [-0.05, 0) is 29.7 Å². The van der Waals surface area contributed by atoms with Gasteiger partial charge in [0, 0.05) is 13.6 Å². The van der Waals surface area contributed by atoms with Gasteiger partial charge >= 0.3 is 0 Å². The molecule has 0 spiro atoms. The van der Waals surface area contributed by atoms with Crippen molar-refractivity contribution in [2.75, 3.05) is 12.4 Å². The first-order chi connectivity index (χ1) is 10.1. The molecule has 112 valence electrons. The van der Waals surface area contributed by atoms with Crippen LogP contribution in [-0.2, 0) is 23.0 Å². The van der Waals surface area contributed by atoms with Crippen molar-refractivity contribution in [3.63, 3.8) is 0 Å². The molecule has 0 aliphatic carbocycles. The van der Waals surface area contributed by atoms with Crippen LogP contribution in [0, 0.1) is 0 Å². The van der Waals surface area contributed by atoms with Crippen LogP contribution < -0.4 is 10.0 Å². The lowest BCUT2D eigenvalue weighted by Crippen LogP contribution is -2.24. The highest BCUT2D eigenvalue weighted by Crippen LogP contribution is 2.20. The summed E-state index contributed by atoms with van der Waals surface area (Å²) in [7, 11) is -1.82. The van der Waals surface area contributed by atoms with Gasteiger partial charge in [-0.1, -0.05) is 43.3 Å². The standard InChI is InChI=1S/C16H20N2O2S/c1-3-13-8-10-14(11-9-13)12-18-21(19,20)16-7-5-4-6-15(16)17-2/h4-11,17-18H,3,12H2,1-2H3. The Balaban J connectivity index is 2.13. The van der Waals surface area contributed by atoms with E-state index in [1.165, 1.54) is 5.56 Å². The molecule has 0 aliphatic rings. The molecule has 2 N–H and O–H groups in total. The summed E-state index contributed by atoms with van der Waals surface area (Å²) in [5.74, 6) is 0. The molecule has 0 atom stereocenters. The summed E-state index contributed by atoms with van der Waals surface area (Å²) in [4.78, 5) is 0.262. The van der Waals surface area contributed by atoms with E-state index in [1.54, 1.807) is 31.3 Å². The van der Waals surface area contributed by atoms with Crippen molar-refractivity contribution in [2.45, 2.75) is 24.8 Å². The highest BCUT2D eigenvalue weighted by atomic mass is 32.2. The predicted octanol–water partition coefficient (Wildman–Crippen LogP) is 2.77. The number of hydrogen-bond donors (Lipinski definition) is 2. The summed E-state index contributed by atoms with van der Waals surface area (Å²) < 4.78 is 27.4. The number of para-hydroxylation sites is 1. The number of benzene rings is 2. The topological polar surface area (TPSA) is 58.2 Å². The molecule has 4 nitrogen and oxygen atoms in total. The third-order valence-electron chi connectivity index (χ3n) is 3.34. The highest BCUT2D eigenvalue weighted by Gasteiger charge is 2.17. The zero-order valence-corrected chi connectivity index (χ0v) is 13.1. The fourth-order valence-corrected chi connectivity index (χ4v) is 3.29. The van der Waals surface area contributed by atoms with Gasteiger partial charge in [0.2, 0.25) is 10.0 Å². The van der Waals surface area contributed by atoms with Crippen LogP contribution in [0.25, 0.3) is 0 Å². The first kappa shape index (κ1) is 15.5. The summed E-state index contributed by atoms with van der Waals surface area (Å²) in [6.07, 6.45) is 0.974. The summed E-state index contributed by atoms with van der Waals surface area (Å²) >= 11 is 0. The average molecular weight is 304 g/mol. The predicted molar refractivity (Wildman–Crippen MR) is 85.8 cm³/mol. The normalized spacial score (nSPS) is 11.3. The maximum Gasteiger partial charge on any atom is 0.242 e. The second kappa shape index (κ2) is 6.74. The fourth-order valence-electron chi connectivity index (χ4n) is 2.06. The molecule has 0 aliphatic heterocycles. The quantitative estimate of drug-likeness (QED) is 0.863. The lowest BCUT2D eigenvalue weighted by molar-refractivity contribution is 0.581. The van der Waals surface area contributed by atoms with Crippen LogP contribution in [0.3, 0.4) is 0 Å². The van der Waals surface area contributed by atoms with Gasteiger partial charge in [-0.25, -0.2) is 13.1 Å². The van der Waals surface area contributed by atoms with Gasteiger partial charge in [0.1, 0.15) is 4.90 Å². The van der Waals surface area contributed by atoms with Gasteiger partial charge in [-0.3, -0.25) is 0 Å². The Morgan fingerprint density at radius 2 is 1.57 bits per heavy atom. The molecule has 2 aromatic rings. The molecular weight excluding hydrogens is 284 g/mol. The Labute approximate surface area is 126 Å². The largest absolute Gasteiger partial charge is 0.387 e. The number of sulfonamides is 1. The second-order valence-electron chi connectivity index (χ2n) is 4.74. The van der Waals surface area contributed by atoms with Crippen LogP contribution in [0.1, 0.15) is 18.1 Å². The van der Waals surface area contributed by atoms with Crippen LogP contribution >= 0.6 is 0 Å². The van der Waals surface area contributed by atoms with E-state index in [0.29, 0.717) is 5.69 Å². The smallest absolute Gasteiger partial charge is 0.242 e. The molecular formula is C16H20N2O2S. The van der Waals surface area contributed by atoms with Gasteiger partial charge in [0.15, 0.2) is 0 Å². The van der Waals surface area contributed by atoms with E-state index in [-0.39, 0.29) is 11.4 Å². The average Bonchev–Trinajstić information content (AvgIpc) is 2.53. The summed E-state index contributed by atoms with van der Waals surface area (Å²) in [5.41, 5.74) is 2.77. The molecule has 0 saturated carbocycles. The first-order valence-corrected chi connectivity index (χ1v) is 8.39. The van der Waals surface area contributed by atoms with E-state index >= 15 is 0 Å². The molecule has 2 aromatic carbocycles. The molecule has 0 saturated heterocycles. The maximum atomic E-state index is 12.4. The van der Waals surface area contributed by atoms with Crippen LogP contribution in [0.5, 0.6) is 0 Å². The summed E-state index contributed by atoms with van der Waals surface area (Å²) in [6.45, 7) is 2.37. The maximum absolute atomic E-state index is 12.4. The Kier molecular flexibility index (Phi) is 4.98. The van der Waals surface area contributed by atoms with Crippen molar-refractivity contribution in [1.82, 2.24) is 4.72 Å². The van der Waals surface area contributed by atoms with Gasteiger partial charge in [0.25, 0.3) is 0 Å². The molecule has 0 bridgehead atoms. The van der Waals surface area contributed by atoms with Crippen LogP contribution in [0.15, 0.2) is 53.4 Å². The third kappa shape index (κ3) is 3.83. The number of nitrogens with one attached hydrogen (secondary N) is 2. The molecule has 0 aromatic heterocycles. The van der Waals surface area contributed by atoms with E-state index < -0.39 is 10.0 Å². The van der Waals surface area contributed by atoms with Crippen molar-refractivity contribution >= 4 is 15.7 Å². The van der Waals surface area contributed by atoms with Gasteiger partial charge in [0.05, 0.1) is 5.69 Å². The van der Waals surface area contributed by atoms with E-state index in [2.05, 4.69) is 17.0 Å². The molecule has 0 radical (unpaired) electrons. The van der Waals surface area contributed by atoms with Crippen LogP contribution in [0.2, 0.25) is 0 Å².